The summed E-state index contributed by atoms with van der Waals surface area (Å²) in [5.74, 6) is 1.88. The molecule has 1 saturated heterocycles. The highest BCUT2D eigenvalue weighted by atomic mass is 32.1. The van der Waals surface area contributed by atoms with Crippen molar-refractivity contribution in [3.63, 3.8) is 0 Å². The normalized spacial score (nSPS) is 30.4. The molecule has 5 heteroatoms. The molecule has 0 aromatic rings. The molecule has 0 aromatic heterocycles. The van der Waals surface area contributed by atoms with Crippen LogP contribution in [-0.2, 0) is 4.79 Å². The summed E-state index contributed by atoms with van der Waals surface area (Å²) >= 11 is 5.60. The Balaban J connectivity index is 0.00000256. The minimum Gasteiger partial charge on any atom is -0.363 e. The summed E-state index contributed by atoms with van der Waals surface area (Å²) in [5, 5.41) is 7.92. The molecule has 4 nitrogen and oxygen atoms in total. The highest BCUT2D eigenvalue weighted by Gasteiger charge is 2.39. The first-order valence-corrected chi connectivity index (χ1v) is 12.6. The van der Waals surface area contributed by atoms with Crippen molar-refractivity contribution in [3.8, 4) is 0 Å². The number of carbonyl (C=O) groups is 1. The predicted molar refractivity (Wildman–Crippen MR) is 128 cm³/mol. The third kappa shape index (κ3) is 5.77. The highest BCUT2D eigenvalue weighted by Crippen LogP contribution is 2.42. The Morgan fingerprint density at radius 2 is 1.87 bits per heavy atom. The number of thiocarbonyl (C=S) groups is 1. The highest BCUT2D eigenvalue weighted by molar-refractivity contribution is 7.80. The molecule has 2 saturated carbocycles. The number of amides is 1. The van der Waals surface area contributed by atoms with Crippen LogP contribution in [0.3, 0.4) is 0 Å². The van der Waals surface area contributed by atoms with E-state index in [4.69, 9.17) is 12.2 Å². The van der Waals surface area contributed by atoms with Crippen LogP contribution in [0.15, 0.2) is 11.8 Å². The average Bonchev–Trinajstić information content (AvgIpc) is 2.72. The molecule has 168 valence electrons. The van der Waals surface area contributed by atoms with Crippen molar-refractivity contribution >= 4 is 23.2 Å². The summed E-state index contributed by atoms with van der Waals surface area (Å²) < 4.78 is 0. The van der Waals surface area contributed by atoms with Gasteiger partial charge in [-0.1, -0.05) is 39.2 Å². The number of hydrogen-bond acceptors (Lipinski definition) is 2. The van der Waals surface area contributed by atoms with E-state index in [9.17, 15) is 4.79 Å². The zero-order valence-electron chi connectivity index (χ0n) is 18.7. The molecule has 1 amide bonds. The smallest absolute Gasteiger partial charge is 0.226 e. The van der Waals surface area contributed by atoms with E-state index < -0.39 is 0 Å². The van der Waals surface area contributed by atoms with Crippen molar-refractivity contribution in [2.24, 2.45) is 11.8 Å². The quantitative estimate of drug-likeness (QED) is 0.438. The lowest BCUT2D eigenvalue weighted by atomic mass is 9.67. The Morgan fingerprint density at radius 1 is 1.10 bits per heavy atom. The molecule has 2 N–H and O–H groups in total. The molecule has 1 aliphatic heterocycles. The van der Waals surface area contributed by atoms with Crippen molar-refractivity contribution in [2.75, 3.05) is 13.1 Å². The maximum Gasteiger partial charge on any atom is 0.226 e. The summed E-state index contributed by atoms with van der Waals surface area (Å²) in [6.07, 6.45) is 20.4. The average molecular weight is 432 g/mol. The van der Waals surface area contributed by atoms with Gasteiger partial charge in [0.15, 0.2) is 5.11 Å². The largest absolute Gasteiger partial charge is 0.363 e. The first-order chi connectivity index (χ1) is 14.2. The van der Waals surface area contributed by atoms with Crippen molar-refractivity contribution in [1.82, 2.24) is 15.5 Å². The number of likely N-dealkylation sites (tertiary alicyclic amines) is 1. The van der Waals surface area contributed by atoms with Gasteiger partial charge in [-0.15, -0.1) is 0 Å². The maximum absolute atomic E-state index is 12.8. The van der Waals surface area contributed by atoms with E-state index in [-0.39, 0.29) is 13.0 Å². The zero-order chi connectivity index (χ0) is 20.1. The van der Waals surface area contributed by atoms with Gasteiger partial charge in [-0.05, 0) is 88.3 Å². The van der Waals surface area contributed by atoms with Crippen molar-refractivity contribution < 1.29 is 4.79 Å². The predicted octanol–water partition coefficient (Wildman–Crippen LogP) is 5.37. The summed E-state index contributed by atoms with van der Waals surface area (Å²) in [5.41, 5.74) is 1.60. The Labute approximate surface area is 189 Å². The molecule has 3 fully saturated rings. The number of piperidine rings is 1. The van der Waals surface area contributed by atoms with Crippen LogP contribution in [-0.4, -0.2) is 34.5 Å². The van der Waals surface area contributed by atoms with Crippen LogP contribution in [0.2, 0.25) is 0 Å². The fourth-order valence-corrected chi connectivity index (χ4v) is 6.65. The van der Waals surface area contributed by atoms with Crippen molar-refractivity contribution in [2.45, 2.75) is 102 Å². The second kappa shape index (κ2) is 11.0. The number of nitrogens with zero attached hydrogens (tertiary/aromatic N) is 1. The third-order valence-corrected chi connectivity index (χ3v) is 8.02. The van der Waals surface area contributed by atoms with Gasteiger partial charge in [0.2, 0.25) is 5.91 Å². The molecular formula is C25H41N3OS. The molecule has 3 aliphatic carbocycles. The second-order valence-corrected chi connectivity index (χ2v) is 10.3. The molecular weight excluding hydrogens is 390 g/mol. The van der Waals surface area contributed by atoms with Crippen LogP contribution in [0.25, 0.3) is 0 Å². The fraction of sp³-hybridized carbons (Fsp3) is 0.800. The van der Waals surface area contributed by atoms with E-state index in [0.717, 1.165) is 49.8 Å². The summed E-state index contributed by atoms with van der Waals surface area (Å²) in [6.45, 7) is 1.79. The van der Waals surface area contributed by atoms with Crippen LogP contribution >= 0.6 is 12.2 Å². The second-order valence-electron chi connectivity index (χ2n) is 9.92. The standard InChI is InChI=1S/C24H39N3OS.CH2/c28-22(27-17-7-11-20-10-1-2-12-21(20)27)13-3-4-16-25-23(29)26-24-14-5-8-19(18-24)9-6-15-24;/h12,19-20H,1-11,13-18H2,(H2,25,26,29);1H2. The van der Waals surface area contributed by atoms with Gasteiger partial charge in [-0.3, -0.25) is 4.79 Å². The van der Waals surface area contributed by atoms with Crippen LogP contribution in [0.1, 0.15) is 96.3 Å². The van der Waals surface area contributed by atoms with Crippen LogP contribution in [0, 0.1) is 19.3 Å². The number of nitrogens with one attached hydrogen (secondary N) is 2. The van der Waals surface area contributed by atoms with Crippen LogP contribution < -0.4 is 10.6 Å². The van der Waals surface area contributed by atoms with E-state index in [1.54, 1.807) is 0 Å². The van der Waals surface area contributed by atoms with Gasteiger partial charge < -0.3 is 15.5 Å². The molecule has 1 heterocycles. The molecule has 0 aromatic carbocycles. The molecule has 4 rings (SSSR count). The molecule has 4 aliphatic rings. The topological polar surface area (TPSA) is 44.4 Å². The molecule has 30 heavy (non-hydrogen) atoms. The monoisotopic (exact) mass is 431 g/mol. The molecule has 1 unspecified atom stereocenters. The number of hydrogen-bond donors (Lipinski definition) is 2. The fourth-order valence-electron chi connectivity index (χ4n) is 6.33. The lowest BCUT2D eigenvalue weighted by molar-refractivity contribution is -0.130. The molecule has 1 atom stereocenters. The lowest BCUT2D eigenvalue weighted by Gasteiger charge is -2.46. The summed E-state index contributed by atoms with van der Waals surface area (Å²) in [4.78, 5) is 14.9. The van der Waals surface area contributed by atoms with Gasteiger partial charge in [0.1, 0.15) is 0 Å². The van der Waals surface area contributed by atoms with E-state index in [0.29, 0.717) is 18.2 Å². The van der Waals surface area contributed by atoms with E-state index in [1.807, 2.05) is 0 Å². The molecule has 0 spiro atoms. The SMILES string of the molecule is O=C(CCCCNC(=S)NC12CCCC(CCC1)C2)N1CCCC2CCCC=C21.[CH2]. The van der Waals surface area contributed by atoms with Crippen LogP contribution in [0.5, 0.6) is 0 Å². The van der Waals surface area contributed by atoms with Crippen LogP contribution in [0.4, 0.5) is 0 Å². The Kier molecular flexibility index (Phi) is 8.62. The van der Waals surface area contributed by atoms with E-state index in [2.05, 4.69) is 21.6 Å². The Morgan fingerprint density at radius 3 is 2.67 bits per heavy atom. The lowest BCUT2D eigenvalue weighted by Crippen LogP contribution is -2.55. The number of allylic oxidation sites excluding steroid dienone is 2. The minimum atomic E-state index is 0. The Hall–Kier alpha value is -1.10. The number of carbonyl (C=O) groups excluding carboxylic acids is 1. The van der Waals surface area contributed by atoms with E-state index >= 15 is 0 Å². The summed E-state index contributed by atoms with van der Waals surface area (Å²) in [7, 11) is 0. The van der Waals surface area contributed by atoms with E-state index in [1.165, 1.54) is 69.9 Å². The van der Waals surface area contributed by atoms with Gasteiger partial charge in [0.05, 0.1) is 0 Å². The van der Waals surface area contributed by atoms with Crippen molar-refractivity contribution in [1.29, 1.82) is 0 Å². The van der Waals surface area contributed by atoms with Crippen molar-refractivity contribution in [3.05, 3.63) is 19.2 Å². The van der Waals surface area contributed by atoms with Gasteiger partial charge >= 0.3 is 0 Å². The van der Waals surface area contributed by atoms with Gasteiger partial charge in [-0.25, -0.2) is 0 Å². The zero-order valence-corrected chi connectivity index (χ0v) is 19.5. The van der Waals surface area contributed by atoms with Gasteiger partial charge in [0.25, 0.3) is 0 Å². The number of rotatable bonds is 6. The number of fused-ring (bicyclic) bond motifs is 3. The number of unbranched alkanes of at least 4 members (excludes halogenated alkanes) is 1. The Bertz CT molecular complexity index is 622. The first-order valence-electron chi connectivity index (χ1n) is 12.2. The minimum absolute atomic E-state index is 0. The summed E-state index contributed by atoms with van der Waals surface area (Å²) in [6, 6.07) is 0. The first kappa shape index (κ1) is 23.6. The van der Waals surface area contributed by atoms with Gasteiger partial charge in [-0.2, -0.15) is 0 Å². The third-order valence-electron chi connectivity index (χ3n) is 7.77. The molecule has 2 radical (unpaired) electrons. The van der Waals surface area contributed by atoms with Gasteiger partial charge in [0, 0.05) is 30.7 Å². The maximum atomic E-state index is 12.8. The molecule has 2 bridgehead atoms.